The van der Waals surface area contributed by atoms with Gasteiger partial charge in [0.2, 0.25) is 0 Å². The number of benzene rings is 1. The van der Waals surface area contributed by atoms with E-state index < -0.39 is 18.0 Å². The van der Waals surface area contributed by atoms with Crippen LogP contribution in [0.1, 0.15) is 18.4 Å². The number of aliphatic carboxylic acids is 1. The molecule has 1 aromatic carbocycles. The van der Waals surface area contributed by atoms with Crippen LogP contribution in [0.5, 0.6) is 0 Å². The molecule has 0 radical (unpaired) electrons. The Morgan fingerprint density at radius 2 is 2.08 bits per heavy atom. The first-order chi connectivity index (χ1) is 12.5. The molecule has 2 N–H and O–H groups in total. The maximum Gasteiger partial charge on any atom is 0.336 e. The standard InChI is InChI=1S/C18H24N2O6/c1-25-17(23)15-12-20(9-10-26-15)18(24)19-14(7-8-16(21)22)11-13-5-3-2-4-6-13/h2-6,14-15H,7-12H2,1H3,(H,19,24)(H,21,22). The molecule has 1 saturated heterocycles. The minimum atomic E-state index is -0.908. The molecule has 2 rings (SSSR count). The zero-order valence-electron chi connectivity index (χ0n) is 14.7. The minimum absolute atomic E-state index is 0.0360. The summed E-state index contributed by atoms with van der Waals surface area (Å²) in [7, 11) is 1.27. The Bertz CT molecular complexity index is 621. The summed E-state index contributed by atoms with van der Waals surface area (Å²) in [6, 6.07) is 8.90. The Balaban J connectivity index is 1.97. The number of hydrogen-bond acceptors (Lipinski definition) is 5. The van der Waals surface area contributed by atoms with Crippen LogP contribution in [0.3, 0.4) is 0 Å². The topological polar surface area (TPSA) is 105 Å². The van der Waals surface area contributed by atoms with Gasteiger partial charge in [0.05, 0.1) is 20.3 Å². The highest BCUT2D eigenvalue weighted by Gasteiger charge is 2.30. The third-order valence-corrected chi connectivity index (χ3v) is 4.18. The van der Waals surface area contributed by atoms with Crippen molar-refractivity contribution >= 4 is 18.0 Å². The maximum absolute atomic E-state index is 12.6. The van der Waals surface area contributed by atoms with E-state index in [0.29, 0.717) is 19.4 Å². The molecule has 1 aromatic rings. The van der Waals surface area contributed by atoms with Gasteiger partial charge in [-0.25, -0.2) is 9.59 Å². The van der Waals surface area contributed by atoms with Crippen LogP contribution in [0.25, 0.3) is 0 Å². The molecule has 26 heavy (non-hydrogen) atoms. The van der Waals surface area contributed by atoms with Crippen molar-refractivity contribution in [3.05, 3.63) is 35.9 Å². The lowest BCUT2D eigenvalue weighted by Crippen LogP contribution is -2.54. The number of carbonyl (C=O) groups excluding carboxylic acids is 2. The Kier molecular flexibility index (Phi) is 7.40. The summed E-state index contributed by atoms with van der Waals surface area (Å²) >= 11 is 0. The smallest absolute Gasteiger partial charge is 0.336 e. The number of rotatable bonds is 7. The summed E-state index contributed by atoms with van der Waals surface area (Å²) in [4.78, 5) is 36.6. The molecule has 2 atom stereocenters. The lowest BCUT2D eigenvalue weighted by atomic mass is 10.0. The second kappa shape index (κ2) is 9.76. The van der Waals surface area contributed by atoms with Crippen LogP contribution in [0.2, 0.25) is 0 Å². The van der Waals surface area contributed by atoms with Crippen molar-refractivity contribution in [3.63, 3.8) is 0 Å². The number of carboxylic acid groups (broad SMARTS) is 1. The number of ether oxygens (including phenoxy) is 2. The van der Waals surface area contributed by atoms with Crippen molar-refractivity contribution in [2.75, 3.05) is 26.8 Å². The number of urea groups is 1. The number of esters is 1. The van der Waals surface area contributed by atoms with Crippen LogP contribution < -0.4 is 5.32 Å². The van der Waals surface area contributed by atoms with Gasteiger partial charge in [0.15, 0.2) is 6.10 Å². The fraction of sp³-hybridized carbons (Fsp3) is 0.500. The van der Waals surface area contributed by atoms with Crippen molar-refractivity contribution < 1.29 is 29.0 Å². The van der Waals surface area contributed by atoms with Crippen molar-refractivity contribution in [2.45, 2.75) is 31.4 Å². The molecule has 8 nitrogen and oxygen atoms in total. The molecule has 2 unspecified atom stereocenters. The Morgan fingerprint density at radius 3 is 2.73 bits per heavy atom. The third kappa shape index (κ3) is 6.03. The van der Waals surface area contributed by atoms with Crippen LogP contribution in [-0.4, -0.2) is 66.9 Å². The molecule has 0 aliphatic carbocycles. The molecule has 0 saturated carbocycles. The van der Waals surface area contributed by atoms with Gasteiger partial charge in [-0.3, -0.25) is 4.79 Å². The van der Waals surface area contributed by atoms with Gasteiger partial charge in [-0.1, -0.05) is 30.3 Å². The van der Waals surface area contributed by atoms with Gasteiger partial charge in [0.1, 0.15) is 0 Å². The Morgan fingerprint density at radius 1 is 1.35 bits per heavy atom. The average molecular weight is 364 g/mol. The minimum Gasteiger partial charge on any atom is -0.481 e. The van der Waals surface area contributed by atoms with E-state index in [1.54, 1.807) is 0 Å². The average Bonchev–Trinajstić information content (AvgIpc) is 2.66. The predicted octanol–water partition coefficient (Wildman–Crippen LogP) is 1.05. The molecule has 0 bridgehead atoms. The van der Waals surface area contributed by atoms with Crippen molar-refractivity contribution in [1.29, 1.82) is 0 Å². The summed E-state index contributed by atoms with van der Waals surface area (Å²) in [6.45, 7) is 0.706. The van der Waals surface area contributed by atoms with Crippen LogP contribution in [0.4, 0.5) is 4.79 Å². The fourth-order valence-electron chi connectivity index (χ4n) is 2.80. The van der Waals surface area contributed by atoms with Gasteiger partial charge in [-0.05, 0) is 18.4 Å². The molecule has 1 heterocycles. The lowest BCUT2D eigenvalue weighted by Gasteiger charge is -2.32. The van der Waals surface area contributed by atoms with E-state index in [1.165, 1.54) is 12.0 Å². The molecular formula is C18H24N2O6. The van der Waals surface area contributed by atoms with E-state index in [1.807, 2.05) is 30.3 Å². The number of methoxy groups -OCH3 is 1. The van der Waals surface area contributed by atoms with Gasteiger partial charge in [-0.2, -0.15) is 0 Å². The molecule has 1 aliphatic rings. The van der Waals surface area contributed by atoms with E-state index in [9.17, 15) is 14.4 Å². The first-order valence-corrected chi connectivity index (χ1v) is 8.50. The largest absolute Gasteiger partial charge is 0.481 e. The van der Waals surface area contributed by atoms with Gasteiger partial charge >= 0.3 is 18.0 Å². The number of nitrogens with zero attached hydrogens (tertiary/aromatic N) is 1. The highest BCUT2D eigenvalue weighted by molar-refractivity contribution is 5.78. The summed E-state index contributed by atoms with van der Waals surface area (Å²) in [6.07, 6.45) is 0.0166. The van der Waals surface area contributed by atoms with E-state index in [0.717, 1.165) is 5.56 Å². The highest BCUT2D eigenvalue weighted by Crippen LogP contribution is 2.11. The first-order valence-electron chi connectivity index (χ1n) is 8.50. The van der Waals surface area contributed by atoms with E-state index in [2.05, 4.69) is 10.1 Å². The maximum atomic E-state index is 12.6. The lowest BCUT2D eigenvalue weighted by molar-refractivity contribution is -0.158. The van der Waals surface area contributed by atoms with Gasteiger partial charge in [-0.15, -0.1) is 0 Å². The summed E-state index contributed by atoms with van der Waals surface area (Å²) in [5, 5.41) is 11.8. The van der Waals surface area contributed by atoms with Crippen molar-refractivity contribution in [3.8, 4) is 0 Å². The fourth-order valence-corrected chi connectivity index (χ4v) is 2.80. The number of nitrogens with one attached hydrogen (secondary N) is 1. The van der Waals surface area contributed by atoms with Gasteiger partial charge in [0, 0.05) is 19.0 Å². The van der Waals surface area contributed by atoms with Crippen LogP contribution in [0.15, 0.2) is 30.3 Å². The van der Waals surface area contributed by atoms with Crippen molar-refractivity contribution in [1.82, 2.24) is 10.2 Å². The molecule has 1 fully saturated rings. The molecule has 0 spiro atoms. The Labute approximate surface area is 152 Å². The zero-order chi connectivity index (χ0) is 18.9. The molecule has 8 heteroatoms. The first kappa shape index (κ1) is 19.7. The monoisotopic (exact) mass is 364 g/mol. The van der Waals surface area contributed by atoms with E-state index in [4.69, 9.17) is 9.84 Å². The number of morpholine rings is 1. The predicted molar refractivity (Wildman–Crippen MR) is 92.7 cm³/mol. The quantitative estimate of drug-likeness (QED) is 0.701. The molecular weight excluding hydrogens is 340 g/mol. The van der Waals surface area contributed by atoms with E-state index in [-0.39, 0.29) is 31.6 Å². The second-order valence-corrected chi connectivity index (χ2v) is 6.10. The SMILES string of the molecule is COC(=O)C1CN(C(=O)NC(CCC(=O)O)Cc2ccccc2)CCO1. The number of hydrogen-bond donors (Lipinski definition) is 2. The van der Waals surface area contributed by atoms with Gasteiger partial charge < -0.3 is 24.8 Å². The van der Waals surface area contributed by atoms with Gasteiger partial charge in [0.25, 0.3) is 0 Å². The molecule has 1 aliphatic heterocycles. The van der Waals surface area contributed by atoms with Crippen molar-refractivity contribution in [2.24, 2.45) is 0 Å². The number of carbonyl (C=O) groups is 3. The summed E-state index contributed by atoms with van der Waals surface area (Å²) < 4.78 is 9.97. The highest BCUT2D eigenvalue weighted by atomic mass is 16.6. The number of amides is 2. The normalized spacial score (nSPS) is 18.0. The molecule has 0 aromatic heterocycles. The van der Waals surface area contributed by atoms with Crippen LogP contribution in [-0.2, 0) is 25.5 Å². The third-order valence-electron chi connectivity index (χ3n) is 4.18. The summed E-state index contributed by atoms with van der Waals surface area (Å²) in [5.41, 5.74) is 1.01. The second-order valence-electron chi connectivity index (χ2n) is 6.10. The van der Waals surface area contributed by atoms with E-state index >= 15 is 0 Å². The molecule has 142 valence electrons. The van der Waals surface area contributed by atoms with Crippen LogP contribution >= 0.6 is 0 Å². The zero-order valence-corrected chi connectivity index (χ0v) is 14.7. The van der Waals surface area contributed by atoms with Crippen LogP contribution in [0, 0.1) is 0 Å². The molecule has 2 amide bonds. The Hall–Kier alpha value is -2.61. The number of carboxylic acids is 1. The summed E-state index contributed by atoms with van der Waals surface area (Å²) in [5.74, 6) is -1.43.